The number of ether oxygens (including phenoxy) is 1. The normalized spacial score (nSPS) is 15.1. The van der Waals surface area contributed by atoms with Crippen LogP contribution in [0.5, 0.6) is 11.5 Å². The fraction of sp³-hybridized carbons (Fsp3) is 0.407. The highest BCUT2D eigenvalue weighted by molar-refractivity contribution is 6.00. The molecule has 180 valence electrons. The standard InChI is InChI=1S/C27H33N3O4/c1-4-5-6-7-14-34-20-10-8-19(9-11-20)25-22-23(21-16-17(2)15-18(3)26(21)32)28-29-24(22)27(33)30(25)12-13-31/h8-11,15-16,25,31-32H,4-7,12-14H2,1-3H3,(H,28,29). The van der Waals surface area contributed by atoms with E-state index in [1.54, 1.807) is 4.90 Å². The lowest BCUT2D eigenvalue weighted by molar-refractivity contribution is 0.0706. The van der Waals surface area contributed by atoms with Gasteiger partial charge in [-0.2, -0.15) is 5.10 Å². The van der Waals surface area contributed by atoms with Gasteiger partial charge in [-0.25, -0.2) is 0 Å². The van der Waals surface area contributed by atoms with Crippen molar-refractivity contribution in [2.45, 2.75) is 52.5 Å². The lowest BCUT2D eigenvalue weighted by Crippen LogP contribution is -2.32. The van der Waals surface area contributed by atoms with Crippen LogP contribution in [0, 0.1) is 13.8 Å². The molecule has 1 aliphatic rings. The third-order valence-corrected chi connectivity index (χ3v) is 6.37. The summed E-state index contributed by atoms with van der Waals surface area (Å²) in [6.45, 7) is 6.72. The molecule has 1 atom stereocenters. The Labute approximate surface area is 200 Å². The summed E-state index contributed by atoms with van der Waals surface area (Å²) in [7, 11) is 0. The van der Waals surface area contributed by atoms with E-state index in [0.29, 0.717) is 29.1 Å². The average molecular weight is 464 g/mol. The van der Waals surface area contributed by atoms with Crippen molar-refractivity contribution in [3.8, 4) is 22.8 Å². The fourth-order valence-corrected chi connectivity index (χ4v) is 4.69. The van der Waals surface area contributed by atoms with Gasteiger partial charge in [0.1, 0.15) is 22.9 Å². The van der Waals surface area contributed by atoms with Crippen LogP contribution in [-0.4, -0.2) is 51.0 Å². The lowest BCUT2D eigenvalue weighted by Gasteiger charge is -2.26. The van der Waals surface area contributed by atoms with Crippen molar-refractivity contribution < 1.29 is 19.7 Å². The molecular weight excluding hydrogens is 430 g/mol. The molecule has 3 N–H and O–H groups in total. The van der Waals surface area contributed by atoms with E-state index in [4.69, 9.17) is 4.74 Å². The third-order valence-electron chi connectivity index (χ3n) is 6.37. The van der Waals surface area contributed by atoms with Gasteiger partial charge in [-0.1, -0.05) is 44.4 Å². The summed E-state index contributed by atoms with van der Waals surface area (Å²) < 4.78 is 5.88. The number of aromatic nitrogens is 2. The molecule has 7 nitrogen and oxygen atoms in total. The number of hydrogen-bond acceptors (Lipinski definition) is 5. The molecule has 1 aliphatic heterocycles. The quantitative estimate of drug-likeness (QED) is 0.372. The van der Waals surface area contributed by atoms with Gasteiger partial charge >= 0.3 is 0 Å². The minimum atomic E-state index is -0.428. The van der Waals surface area contributed by atoms with E-state index in [2.05, 4.69) is 17.1 Å². The van der Waals surface area contributed by atoms with Crippen molar-refractivity contribution in [3.05, 3.63) is 64.3 Å². The van der Waals surface area contributed by atoms with Crippen molar-refractivity contribution in [2.75, 3.05) is 19.8 Å². The number of benzene rings is 2. The fourth-order valence-electron chi connectivity index (χ4n) is 4.69. The molecule has 0 aliphatic carbocycles. The van der Waals surface area contributed by atoms with Gasteiger partial charge < -0.3 is 19.8 Å². The van der Waals surface area contributed by atoms with Crippen LogP contribution in [0.4, 0.5) is 0 Å². The van der Waals surface area contributed by atoms with E-state index in [1.807, 2.05) is 50.2 Å². The lowest BCUT2D eigenvalue weighted by atomic mass is 9.94. The first-order chi connectivity index (χ1) is 16.5. The Kier molecular flexibility index (Phi) is 7.22. The number of aliphatic hydroxyl groups excluding tert-OH is 1. The van der Waals surface area contributed by atoms with Gasteiger partial charge in [0.05, 0.1) is 19.3 Å². The molecule has 0 bridgehead atoms. The molecule has 0 spiro atoms. The molecule has 7 heteroatoms. The first kappa shape index (κ1) is 23.8. The van der Waals surface area contributed by atoms with Crippen molar-refractivity contribution in [2.24, 2.45) is 0 Å². The number of H-pyrrole nitrogens is 1. The molecule has 1 unspecified atom stereocenters. The van der Waals surface area contributed by atoms with Crippen LogP contribution < -0.4 is 4.74 Å². The van der Waals surface area contributed by atoms with Crippen LogP contribution in [-0.2, 0) is 0 Å². The number of nitrogens with one attached hydrogen (secondary N) is 1. The second-order valence-corrected chi connectivity index (χ2v) is 8.94. The molecule has 1 aromatic heterocycles. The maximum Gasteiger partial charge on any atom is 0.273 e. The van der Waals surface area contributed by atoms with Crippen molar-refractivity contribution in [3.63, 3.8) is 0 Å². The molecule has 1 amide bonds. The van der Waals surface area contributed by atoms with Crippen molar-refractivity contribution in [1.82, 2.24) is 15.1 Å². The zero-order chi connectivity index (χ0) is 24.2. The van der Waals surface area contributed by atoms with Gasteiger partial charge in [0.2, 0.25) is 0 Å². The van der Waals surface area contributed by atoms with E-state index in [9.17, 15) is 15.0 Å². The minimum Gasteiger partial charge on any atom is -0.507 e. The Balaban J connectivity index is 1.68. The largest absolute Gasteiger partial charge is 0.507 e. The number of phenols is 1. The predicted molar refractivity (Wildman–Crippen MR) is 131 cm³/mol. The second-order valence-electron chi connectivity index (χ2n) is 8.94. The summed E-state index contributed by atoms with van der Waals surface area (Å²) in [5.74, 6) is 0.726. The Morgan fingerprint density at radius 1 is 1.12 bits per heavy atom. The van der Waals surface area contributed by atoms with E-state index < -0.39 is 6.04 Å². The zero-order valence-electron chi connectivity index (χ0n) is 20.1. The predicted octanol–water partition coefficient (Wildman–Crippen LogP) is 4.90. The molecule has 0 fully saturated rings. The Bertz CT molecular complexity index is 1150. The first-order valence-corrected chi connectivity index (χ1v) is 12.0. The molecule has 0 saturated carbocycles. The average Bonchev–Trinajstić information content (AvgIpc) is 3.36. The highest BCUT2D eigenvalue weighted by Crippen LogP contribution is 2.45. The number of fused-ring (bicyclic) bond motifs is 1. The van der Waals surface area contributed by atoms with Crippen LogP contribution in [0.1, 0.15) is 71.4 Å². The van der Waals surface area contributed by atoms with Gasteiger partial charge in [-0.3, -0.25) is 9.89 Å². The number of rotatable bonds is 10. The maximum absolute atomic E-state index is 13.2. The van der Waals surface area contributed by atoms with Crippen molar-refractivity contribution in [1.29, 1.82) is 0 Å². The number of aromatic hydroxyl groups is 1. The zero-order valence-corrected chi connectivity index (χ0v) is 20.1. The summed E-state index contributed by atoms with van der Waals surface area (Å²) in [4.78, 5) is 14.8. The van der Waals surface area contributed by atoms with Crippen LogP contribution in [0.2, 0.25) is 0 Å². The molecule has 2 heterocycles. The molecule has 34 heavy (non-hydrogen) atoms. The third kappa shape index (κ3) is 4.53. The van der Waals surface area contributed by atoms with Crippen LogP contribution in [0.25, 0.3) is 11.3 Å². The Morgan fingerprint density at radius 2 is 1.88 bits per heavy atom. The van der Waals surface area contributed by atoms with Crippen LogP contribution >= 0.6 is 0 Å². The van der Waals surface area contributed by atoms with E-state index >= 15 is 0 Å². The molecule has 2 aromatic carbocycles. The molecule has 0 saturated heterocycles. The van der Waals surface area contributed by atoms with Crippen LogP contribution in [0.3, 0.4) is 0 Å². The smallest absolute Gasteiger partial charge is 0.273 e. The number of hydrogen-bond donors (Lipinski definition) is 3. The van der Waals surface area contributed by atoms with Gasteiger partial charge in [-0.05, 0) is 55.2 Å². The number of aromatic amines is 1. The SMILES string of the molecule is CCCCCCOc1ccc(C2c3c(-c4cc(C)cc(C)c4O)n[nH]c3C(=O)N2CCO)cc1. The number of nitrogens with zero attached hydrogens (tertiary/aromatic N) is 2. The molecular formula is C27H33N3O4. The summed E-state index contributed by atoms with van der Waals surface area (Å²) in [6.07, 6.45) is 4.59. The van der Waals surface area contributed by atoms with E-state index in [-0.39, 0.29) is 24.8 Å². The number of phenolic OH excluding ortho intramolecular Hbond substituents is 1. The molecule has 4 rings (SSSR count). The Hall–Kier alpha value is -3.32. The minimum absolute atomic E-state index is 0.150. The summed E-state index contributed by atoms with van der Waals surface area (Å²) in [5.41, 5.74) is 4.89. The van der Waals surface area contributed by atoms with Crippen LogP contribution in [0.15, 0.2) is 36.4 Å². The number of aliphatic hydroxyl groups is 1. The van der Waals surface area contributed by atoms with Crippen molar-refractivity contribution >= 4 is 5.91 Å². The summed E-state index contributed by atoms with van der Waals surface area (Å²) >= 11 is 0. The van der Waals surface area contributed by atoms with E-state index in [1.165, 1.54) is 12.8 Å². The van der Waals surface area contributed by atoms with Gasteiger partial charge in [0, 0.05) is 17.7 Å². The number of β-amino-alcohol motifs (C(OH)–C–C–N with tert-alkyl or cyclic N) is 1. The number of amides is 1. The maximum atomic E-state index is 13.2. The number of aryl methyl sites for hydroxylation is 2. The first-order valence-electron chi connectivity index (χ1n) is 12.0. The van der Waals surface area contributed by atoms with Gasteiger partial charge in [0.15, 0.2) is 0 Å². The van der Waals surface area contributed by atoms with Gasteiger partial charge in [0.25, 0.3) is 5.91 Å². The van der Waals surface area contributed by atoms with Gasteiger partial charge in [-0.15, -0.1) is 0 Å². The monoisotopic (exact) mass is 463 g/mol. The highest BCUT2D eigenvalue weighted by atomic mass is 16.5. The number of carbonyl (C=O) groups excluding carboxylic acids is 1. The molecule has 0 radical (unpaired) electrons. The highest BCUT2D eigenvalue weighted by Gasteiger charge is 2.42. The molecule has 3 aromatic rings. The Morgan fingerprint density at radius 3 is 2.59 bits per heavy atom. The number of unbranched alkanes of at least 4 members (excludes halogenated alkanes) is 3. The topological polar surface area (TPSA) is 98.7 Å². The number of carbonyl (C=O) groups is 1. The summed E-state index contributed by atoms with van der Waals surface area (Å²) in [5, 5.41) is 27.8. The second kappa shape index (κ2) is 10.3. The summed E-state index contributed by atoms with van der Waals surface area (Å²) in [6, 6.07) is 11.1. The van der Waals surface area contributed by atoms with E-state index in [0.717, 1.165) is 35.3 Å².